The standard InChI is InChI=1S/C24H30ClN7O4S/c1-6-10-37(34,35)32(5)21-12-17(25)8-9-19(21)29-20-13-22(26-14-18(20)24(33)31-36-7-2)30-23-11-15(3)27-16(4)28-23/h8-9,11-14H,6-7,10H2,1-5H3,(H,31,33)(H2,26,27,28,29,30). The fraction of sp³-hybridized carbons (Fsp3) is 0.333. The molecule has 1 aromatic carbocycles. The number of carbonyl (C=O) groups is 1. The van der Waals surface area contributed by atoms with Crippen molar-refractivity contribution in [3.8, 4) is 0 Å². The largest absolute Gasteiger partial charge is 0.353 e. The highest BCUT2D eigenvalue weighted by molar-refractivity contribution is 7.92. The fourth-order valence-electron chi connectivity index (χ4n) is 3.47. The summed E-state index contributed by atoms with van der Waals surface area (Å²) in [5, 5.41) is 6.65. The molecule has 2 aromatic heterocycles. The molecule has 1 amide bonds. The van der Waals surface area contributed by atoms with E-state index in [2.05, 4.69) is 31.1 Å². The molecular formula is C24H30ClN7O4S. The zero-order valence-electron chi connectivity index (χ0n) is 21.3. The van der Waals surface area contributed by atoms with E-state index >= 15 is 0 Å². The Morgan fingerprint density at radius 2 is 1.81 bits per heavy atom. The Morgan fingerprint density at radius 3 is 2.49 bits per heavy atom. The molecule has 3 aromatic rings. The molecule has 0 radical (unpaired) electrons. The van der Waals surface area contributed by atoms with Crippen LogP contribution in [0.3, 0.4) is 0 Å². The van der Waals surface area contributed by atoms with Gasteiger partial charge in [0.1, 0.15) is 17.5 Å². The van der Waals surface area contributed by atoms with Crippen LogP contribution in [0, 0.1) is 13.8 Å². The second kappa shape index (κ2) is 12.2. The maximum atomic E-state index is 12.8. The number of hydrogen-bond donors (Lipinski definition) is 3. The average Bonchev–Trinajstić information content (AvgIpc) is 2.82. The van der Waals surface area contributed by atoms with E-state index in [-0.39, 0.29) is 17.9 Å². The van der Waals surface area contributed by atoms with Crippen molar-refractivity contribution in [1.82, 2.24) is 20.4 Å². The van der Waals surface area contributed by atoms with E-state index in [1.165, 1.54) is 17.5 Å². The molecule has 3 rings (SSSR count). The predicted molar refractivity (Wildman–Crippen MR) is 145 cm³/mol. The minimum atomic E-state index is -3.59. The van der Waals surface area contributed by atoms with Crippen LogP contribution in [0.15, 0.2) is 36.5 Å². The minimum Gasteiger partial charge on any atom is -0.353 e. The van der Waals surface area contributed by atoms with Crippen LogP contribution in [-0.2, 0) is 14.9 Å². The van der Waals surface area contributed by atoms with Crippen molar-refractivity contribution in [2.45, 2.75) is 34.1 Å². The Morgan fingerprint density at radius 1 is 1.05 bits per heavy atom. The van der Waals surface area contributed by atoms with Crippen LogP contribution in [0.25, 0.3) is 0 Å². The Labute approximate surface area is 221 Å². The molecule has 198 valence electrons. The second-order valence-corrected chi connectivity index (χ2v) is 10.7. The summed E-state index contributed by atoms with van der Waals surface area (Å²) in [6.07, 6.45) is 1.84. The zero-order chi connectivity index (χ0) is 27.2. The van der Waals surface area contributed by atoms with Crippen molar-refractivity contribution in [2.75, 3.05) is 34.3 Å². The highest BCUT2D eigenvalue weighted by atomic mass is 35.5. The maximum absolute atomic E-state index is 12.8. The SMILES string of the molecule is CCCS(=O)(=O)N(C)c1cc(Cl)ccc1Nc1cc(Nc2cc(C)nc(C)n2)ncc1C(=O)NOCC. The van der Waals surface area contributed by atoms with Crippen molar-refractivity contribution in [3.63, 3.8) is 0 Å². The Hall–Kier alpha value is -3.48. The van der Waals surface area contributed by atoms with Crippen molar-refractivity contribution < 1.29 is 18.0 Å². The molecule has 11 nitrogen and oxygen atoms in total. The molecule has 0 atom stereocenters. The summed E-state index contributed by atoms with van der Waals surface area (Å²) in [5.74, 6) is 0.969. The summed E-state index contributed by atoms with van der Waals surface area (Å²) in [6, 6.07) is 8.20. The molecule has 0 saturated heterocycles. The molecule has 13 heteroatoms. The molecule has 0 bridgehead atoms. The third-order valence-electron chi connectivity index (χ3n) is 5.13. The molecule has 0 aliphatic heterocycles. The highest BCUT2D eigenvalue weighted by Gasteiger charge is 2.22. The Kier molecular flexibility index (Phi) is 9.24. The van der Waals surface area contributed by atoms with Gasteiger partial charge in [-0.1, -0.05) is 18.5 Å². The quantitative estimate of drug-likeness (QED) is 0.296. The van der Waals surface area contributed by atoms with Gasteiger partial charge in [-0.05, 0) is 45.4 Å². The molecule has 0 spiro atoms. The number of sulfonamides is 1. The Balaban J connectivity index is 2.06. The number of pyridine rings is 1. The lowest BCUT2D eigenvalue weighted by molar-refractivity contribution is 0.0365. The molecule has 0 saturated carbocycles. The van der Waals surface area contributed by atoms with Gasteiger partial charge < -0.3 is 10.6 Å². The summed E-state index contributed by atoms with van der Waals surface area (Å²) in [6.45, 7) is 7.44. The number of aryl methyl sites for hydroxylation is 2. The molecule has 0 fully saturated rings. The molecule has 0 aliphatic rings. The van der Waals surface area contributed by atoms with E-state index < -0.39 is 15.9 Å². The average molecular weight is 548 g/mol. The van der Waals surface area contributed by atoms with Gasteiger partial charge in [0.05, 0.1) is 35.0 Å². The van der Waals surface area contributed by atoms with Crippen LogP contribution in [0.2, 0.25) is 5.02 Å². The van der Waals surface area contributed by atoms with Crippen LogP contribution in [0.1, 0.15) is 42.1 Å². The summed E-state index contributed by atoms with van der Waals surface area (Å²) >= 11 is 6.21. The van der Waals surface area contributed by atoms with Gasteiger partial charge in [-0.2, -0.15) is 0 Å². The third-order valence-corrected chi connectivity index (χ3v) is 7.32. The van der Waals surface area contributed by atoms with E-state index in [9.17, 15) is 13.2 Å². The predicted octanol–water partition coefficient (Wildman–Crippen LogP) is 4.49. The van der Waals surface area contributed by atoms with Crippen molar-refractivity contribution in [3.05, 3.63) is 58.6 Å². The fourth-order valence-corrected chi connectivity index (χ4v) is 4.88. The van der Waals surface area contributed by atoms with Gasteiger partial charge in [-0.15, -0.1) is 0 Å². The number of nitrogens with one attached hydrogen (secondary N) is 3. The molecule has 3 N–H and O–H groups in total. The van der Waals surface area contributed by atoms with Gasteiger partial charge in [0.25, 0.3) is 5.91 Å². The number of carbonyl (C=O) groups excluding carboxylic acids is 1. The first-order valence-electron chi connectivity index (χ1n) is 11.6. The lowest BCUT2D eigenvalue weighted by Crippen LogP contribution is -2.29. The summed E-state index contributed by atoms with van der Waals surface area (Å²) in [4.78, 5) is 30.8. The normalized spacial score (nSPS) is 11.2. The topological polar surface area (TPSA) is 138 Å². The van der Waals surface area contributed by atoms with Crippen molar-refractivity contribution >= 4 is 56.2 Å². The monoisotopic (exact) mass is 547 g/mol. The number of benzene rings is 1. The lowest BCUT2D eigenvalue weighted by Gasteiger charge is -2.23. The minimum absolute atomic E-state index is 0.0292. The van der Waals surface area contributed by atoms with Crippen molar-refractivity contribution in [1.29, 1.82) is 0 Å². The lowest BCUT2D eigenvalue weighted by atomic mass is 10.2. The van der Waals surface area contributed by atoms with E-state index in [1.54, 1.807) is 51.1 Å². The molecule has 0 unspecified atom stereocenters. The third kappa shape index (κ3) is 7.28. The number of aromatic nitrogens is 3. The number of nitrogens with zero attached hydrogens (tertiary/aromatic N) is 4. The van der Waals surface area contributed by atoms with Crippen LogP contribution in [0.4, 0.5) is 28.7 Å². The Bertz CT molecular complexity index is 1370. The van der Waals surface area contributed by atoms with E-state index in [1.807, 2.05) is 6.92 Å². The zero-order valence-corrected chi connectivity index (χ0v) is 22.9. The number of anilines is 5. The molecule has 0 aliphatic carbocycles. The van der Waals surface area contributed by atoms with Gasteiger partial charge in [0, 0.05) is 36.1 Å². The van der Waals surface area contributed by atoms with Gasteiger partial charge in [-0.25, -0.2) is 28.8 Å². The van der Waals surface area contributed by atoms with Crippen LogP contribution in [0.5, 0.6) is 0 Å². The first-order valence-corrected chi connectivity index (χ1v) is 13.6. The number of halogens is 1. The van der Waals surface area contributed by atoms with Gasteiger partial charge >= 0.3 is 0 Å². The van der Waals surface area contributed by atoms with Crippen molar-refractivity contribution in [2.24, 2.45) is 0 Å². The maximum Gasteiger partial charge on any atom is 0.278 e. The number of rotatable bonds is 11. The second-order valence-electron chi connectivity index (χ2n) is 8.12. The number of hydrogen-bond acceptors (Lipinski definition) is 9. The summed E-state index contributed by atoms with van der Waals surface area (Å²) in [7, 11) is -2.13. The highest BCUT2D eigenvalue weighted by Crippen LogP contribution is 2.34. The first-order chi connectivity index (χ1) is 17.5. The molecule has 37 heavy (non-hydrogen) atoms. The van der Waals surface area contributed by atoms with Crippen LogP contribution < -0.4 is 20.4 Å². The number of hydroxylamine groups is 1. The van der Waals surface area contributed by atoms with Crippen LogP contribution >= 0.6 is 11.6 Å². The molecule has 2 heterocycles. The van der Waals surface area contributed by atoms with E-state index in [4.69, 9.17) is 16.4 Å². The van der Waals surface area contributed by atoms with Gasteiger partial charge in [-0.3, -0.25) is 13.9 Å². The van der Waals surface area contributed by atoms with E-state index in [0.29, 0.717) is 46.0 Å². The first kappa shape index (κ1) is 28.1. The summed E-state index contributed by atoms with van der Waals surface area (Å²) < 4.78 is 26.8. The van der Waals surface area contributed by atoms with Gasteiger partial charge in [0.2, 0.25) is 10.0 Å². The van der Waals surface area contributed by atoms with Crippen LogP contribution in [-0.4, -0.2) is 48.7 Å². The molecular weight excluding hydrogens is 518 g/mol. The summed E-state index contributed by atoms with van der Waals surface area (Å²) in [5.41, 5.74) is 4.41. The smallest absolute Gasteiger partial charge is 0.278 e. The number of amides is 1. The van der Waals surface area contributed by atoms with E-state index in [0.717, 1.165) is 5.69 Å². The van der Waals surface area contributed by atoms with Gasteiger partial charge in [0.15, 0.2) is 0 Å².